The topological polar surface area (TPSA) is 0 Å². The van der Waals surface area contributed by atoms with Gasteiger partial charge in [0.15, 0.2) is 0 Å². The summed E-state index contributed by atoms with van der Waals surface area (Å²) >= 11 is 4.65. The predicted octanol–water partition coefficient (Wildman–Crippen LogP) is 5.21. The maximum absolute atomic E-state index is 2.33. The summed E-state index contributed by atoms with van der Waals surface area (Å²) < 4.78 is 0. The Labute approximate surface area is 163 Å². The molecule has 0 saturated heterocycles. The van der Waals surface area contributed by atoms with Crippen molar-refractivity contribution < 1.29 is 10.8 Å². The molecule has 0 spiro atoms. The van der Waals surface area contributed by atoms with Crippen LogP contribution in [-0.4, -0.2) is 0 Å². The average molecular weight is 623 g/mol. The summed E-state index contributed by atoms with van der Waals surface area (Å²) in [4.78, 5) is 0. The molecule has 0 unspecified atom stereocenters. The van der Waals surface area contributed by atoms with Gasteiger partial charge in [0.2, 0.25) is 0 Å². The van der Waals surface area contributed by atoms with Gasteiger partial charge in [-0.05, 0) is 23.8 Å². The molecular formula is C18H15I2PPd. The number of halogens is 2. The fourth-order valence-corrected chi connectivity index (χ4v) is 4.48. The summed E-state index contributed by atoms with van der Waals surface area (Å²) in [6, 6.07) is 32.3. The molecule has 0 radical (unpaired) electrons. The zero-order chi connectivity index (χ0) is 15.6. The molecule has 3 rings (SSSR count). The van der Waals surface area contributed by atoms with Crippen molar-refractivity contribution in [2.45, 2.75) is 0 Å². The molecule has 0 aromatic heterocycles. The van der Waals surface area contributed by atoms with Crippen LogP contribution in [-0.2, 0) is 10.8 Å². The Balaban J connectivity index is 0.000000545. The number of rotatable bonds is 3. The smallest absolute Gasteiger partial charge is 0.0134 e. The third-order valence-corrected chi connectivity index (χ3v) is 5.49. The van der Waals surface area contributed by atoms with E-state index in [9.17, 15) is 0 Å². The van der Waals surface area contributed by atoms with Crippen LogP contribution in [0.2, 0.25) is 0 Å². The first-order valence-corrected chi connectivity index (χ1v) is 17.2. The average Bonchev–Trinajstić information content (AvgIpc) is 2.59. The first-order valence-electron chi connectivity index (χ1n) is 6.64. The Kier molecular flexibility index (Phi) is 9.18. The van der Waals surface area contributed by atoms with Gasteiger partial charge in [-0.1, -0.05) is 91.0 Å². The molecule has 0 aliphatic rings. The van der Waals surface area contributed by atoms with Crippen molar-refractivity contribution in [2.75, 3.05) is 0 Å². The molecule has 116 valence electrons. The Morgan fingerprint density at radius 2 is 0.727 bits per heavy atom. The summed E-state index contributed by atoms with van der Waals surface area (Å²) in [5, 5.41) is 4.19. The van der Waals surface area contributed by atoms with Crippen molar-refractivity contribution in [1.82, 2.24) is 0 Å². The van der Waals surface area contributed by atoms with Crippen LogP contribution in [0.15, 0.2) is 91.0 Å². The molecule has 0 aliphatic carbocycles. The van der Waals surface area contributed by atoms with Crippen molar-refractivity contribution in [2.24, 2.45) is 0 Å². The zero-order valence-electron chi connectivity index (χ0n) is 11.7. The van der Waals surface area contributed by atoms with E-state index in [1.807, 2.05) is 0 Å². The van der Waals surface area contributed by atoms with Gasteiger partial charge in [0.25, 0.3) is 0 Å². The normalized spacial score (nSPS) is 10.1. The molecule has 0 amide bonds. The van der Waals surface area contributed by atoms with Crippen molar-refractivity contribution in [3.05, 3.63) is 91.0 Å². The van der Waals surface area contributed by atoms with E-state index in [2.05, 4.69) is 130 Å². The SMILES string of the molecule is [I][Pd][I].c1ccc(P(c2ccccc2)c2ccccc2)cc1. The van der Waals surface area contributed by atoms with Crippen LogP contribution in [0.5, 0.6) is 0 Å². The van der Waals surface area contributed by atoms with Gasteiger partial charge in [-0.15, -0.1) is 0 Å². The quantitative estimate of drug-likeness (QED) is 0.214. The van der Waals surface area contributed by atoms with Gasteiger partial charge < -0.3 is 0 Å². The second kappa shape index (κ2) is 10.9. The summed E-state index contributed by atoms with van der Waals surface area (Å²) in [7, 11) is 0.444. The van der Waals surface area contributed by atoms with Crippen LogP contribution in [0, 0.1) is 0 Å². The summed E-state index contributed by atoms with van der Waals surface area (Å²) in [5.41, 5.74) is 0. The van der Waals surface area contributed by atoms with E-state index in [0.717, 1.165) is 10.8 Å². The molecule has 0 N–H and O–H groups in total. The van der Waals surface area contributed by atoms with Crippen LogP contribution < -0.4 is 15.9 Å². The standard InChI is InChI=1S/C18H15P.2HI.Pd/c1-4-10-16(11-5-1)19(17-12-6-2-7-13-17)18-14-8-3-9-15-18;;;/h1-15H;2*1H;/q;;;+2/p-2. The van der Waals surface area contributed by atoms with Gasteiger partial charge in [-0.2, -0.15) is 0 Å². The number of benzene rings is 3. The first-order chi connectivity index (χ1) is 10.9. The van der Waals surface area contributed by atoms with E-state index in [1.54, 1.807) is 0 Å². The predicted molar refractivity (Wildman–Crippen MR) is 113 cm³/mol. The molecule has 4 heteroatoms. The van der Waals surface area contributed by atoms with Crippen LogP contribution in [0.1, 0.15) is 0 Å². The molecule has 0 atom stereocenters. The Bertz CT molecular complexity index is 554. The van der Waals surface area contributed by atoms with E-state index < -0.39 is 7.92 Å². The fraction of sp³-hybridized carbons (Fsp3) is 0. The van der Waals surface area contributed by atoms with Crippen molar-refractivity contribution in [1.29, 1.82) is 0 Å². The minimum Gasteiger partial charge on any atom is -0.0622 e. The van der Waals surface area contributed by atoms with Crippen molar-refractivity contribution in [3.8, 4) is 0 Å². The summed E-state index contributed by atoms with van der Waals surface area (Å²) in [6.45, 7) is 0. The van der Waals surface area contributed by atoms with Crippen LogP contribution in [0.3, 0.4) is 0 Å². The molecule has 0 bridgehead atoms. The zero-order valence-corrected chi connectivity index (χ0v) is 18.4. The first kappa shape index (κ1) is 18.5. The van der Waals surface area contributed by atoms with E-state index in [4.69, 9.17) is 0 Å². The van der Waals surface area contributed by atoms with E-state index in [-0.39, 0.29) is 0 Å². The van der Waals surface area contributed by atoms with Gasteiger partial charge in [0, 0.05) is 0 Å². The van der Waals surface area contributed by atoms with Gasteiger partial charge in [0.1, 0.15) is 0 Å². The molecule has 22 heavy (non-hydrogen) atoms. The Hall–Kier alpha value is 0.212. The van der Waals surface area contributed by atoms with Crippen LogP contribution in [0.25, 0.3) is 0 Å². The third kappa shape index (κ3) is 5.69. The monoisotopic (exact) mass is 622 g/mol. The second-order valence-electron chi connectivity index (χ2n) is 4.39. The van der Waals surface area contributed by atoms with E-state index >= 15 is 0 Å². The molecular weight excluding hydrogens is 607 g/mol. The maximum Gasteiger partial charge on any atom is -0.0134 e. The Morgan fingerprint density at radius 3 is 0.955 bits per heavy atom. The van der Waals surface area contributed by atoms with E-state index in [1.165, 1.54) is 15.9 Å². The minimum absolute atomic E-state index is 0.446. The van der Waals surface area contributed by atoms with E-state index in [0.29, 0.717) is 0 Å². The van der Waals surface area contributed by atoms with Crippen molar-refractivity contribution in [3.63, 3.8) is 0 Å². The number of hydrogen-bond donors (Lipinski definition) is 0. The number of hydrogen-bond acceptors (Lipinski definition) is 0. The fourth-order valence-electron chi connectivity index (χ4n) is 2.18. The second-order valence-corrected chi connectivity index (χ2v) is 18.6. The third-order valence-electron chi connectivity index (χ3n) is 3.04. The van der Waals surface area contributed by atoms with Crippen LogP contribution >= 0.6 is 47.0 Å². The molecule has 0 saturated carbocycles. The van der Waals surface area contributed by atoms with Gasteiger partial charge in [0.05, 0.1) is 0 Å². The largest absolute Gasteiger partial charge is 0.0622 e. The molecule has 0 heterocycles. The molecule has 0 nitrogen and oxygen atoms in total. The molecule has 3 aromatic carbocycles. The molecule has 3 aromatic rings. The van der Waals surface area contributed by atoms with Crippen LogP contribution in [0.4, 0.5) is 0 Å². The summed E-state index contributed by atoms with van der Waals surface area (Å²) in [5.74, 6) is 0. The minimum atomic E-state index is -0.446. The molecule has 0 fully saturated rings. The summed E-state index contributed by atoms with van der Waals surface area (Å²) in [6.07, 6.45) is 0. The molecule has 0 aliphatic heterocycles. The van der Waals surface area contributed by atoms with Gasteiger partial charge in [-0.3, -0.25) is 0 Å². The maximum atomic E-state index is 2.33. The Morgan fingerprint density at radius 1 is 0.500 bits per heavy atom. The van der Waals surface area contributed by atoms with Gasteiger partial charge in [-0.25, -0.2) is 0 Å². The van der Waals surface area contributed by atoms with Crippen molar-refractivity contribution >= 4 is 62.9 Å². The van der Waals surface area contributed by atoms with Gasteiger partial charge >= 0.3 is 49.8 Å².